The molecule has 1 saturated carbocycles. The number of hydrogen-bond donors (Lipinski definition) is 2. The number of nitrogens with one attached hydrogen (secondary N) is 2. The van der Waals surface area contributed by atoms with Gasteiger partial charge in [0.25, 0.3) is 0 Å². The van der Waals surface area contributed by atoms with Crippen molar-refractivity contribution in [2.24, 2.45) is 17.3 Å². The molecule has 0 radical (unpaired) electrons. The number of amides is 1. The summed E-state index contributed by atoms with van der Waals surface area (Å²) in [6, 6.07) is 0. The smallest absolute Gasteiger partial charge is 0.220 e. The molecule has 0 aromatic rings. The van der Waals surface area contributed by atoms with Gasteiger partial charge in [-0.05, 0) is 62.4 Å². The van der Waals surface area contributed by atoms with Crippen molar-refractivity contribution >= 4 is 18.3 Å². The van der Waals surface area contributed by atoms with Gasteiger partial charge in [-0.2, -0.15) is 0 Å². The van der Waals surface area contributed by atoms with Gasteiger partial charge in [0.05, 0.1) is 0 Å². The first-order chi connectivity index (χ1) is 9.15. The van der Waals surface area contributed by atoms with Gasteiger partial charge in [0.2, 0.25) is 5.91 Å². The lowest BCUT2D eigenvalue weighted by molar-refractivity contribution is -0.123. The van der Waals surface area contributed by atoms with Crippen LogP contribution in [-0.2, 0) is 4.79 Å². The molecule has 0 spiro atoms. The molecule has 118 valence electrons. The normalized spacial score (nSPS) is 23.3. The minimum Gasteiger partial charge on any atom is -0.356 e. The molecule has 1 atom stereocenters. The molecule has 1 aliphatic heterocycles. The highest BCUT2D eigenvalue weighted by Crippen LogP contribution is 2.43. The SMILES string of the molecule is CCC1(CNC(=O)CC(C)C2CCNCC2)CCC1.Cl. The Morgan fingerprint density at radius 1 is 1.35 bits per heavy atom. The molecule has 2 N–H and O–H groups in total. The first kappa shape index (κ1) is 17.8. The molecule has 4 heteroatoms. The van der Waals surface area contributed by atoms with Crippen LogP contribution in [0.1, 0.15) is 58.8 Å². The zero-order valence-electron chi connectivity index (χ0n) is 13.0. The van der Waals surface area contributed by atoms with Gasteiger partial charge < -0.3 is 10.6 Å². The van der Waals surface area contributed by atoms with E-state index >= 15 is 0 Å². The second kappa shape index (κ2) is 8.23. The van der Waals surface area contributed by atoms with Crippen molar-refractivity contribution in [2.75, 3.05) is 19.6 Å². The highest BCUT2D eigenvalue weighted by molar-refractivity contribution is 5.85. The molecule has 0 aromatic heterocycles. The standard InChI is InChI=1S/C16H30N2O.ClH/c1-3-16(7-4-8-16)12-18-15(19)11-13(2)14-5-9-17-10-6-14;/h13-14,17H,3-12H2,1-2H3,(H,18,19);1H. The molecule has 1 heterocycles. The third-order valence-electron chi connectivity index (χ3n) is 5.52. The third kappa shape index (κ3) is 4.63. The van der Waals surface area contributed by atoms with Crippen LogP contribution >= 0.6 is 12.4 Å². The Labute approximate surface area is 130 Å². The van der Waals surface area contributed by atoms with Crippen LogP contribution in [-0.4, -0.2) is 25.5 Å². The average molecular weight is 303 g/mol. The second-order valence-electron chi connectivity index (χ2n) is 6.75. The van der Waals surface area contributed by atoms with Gasteiger partial charge >= 0.3 is 0 Å². The Morgan fingerprint density at radius 3 is 2.50 bits per heavy atom. The van der Waals surface area contributed by atoms with Crippen LogP contribution in [0.2, 0.25) is 0 Å². The highest BCUT2D eigenvalue weighted by atomic mass is 35.5. The summed E-state index contributed by atoms with van der Waals surface area (Å²) >= 11 is 0. The van der Waals surface area contributed by atoms with E-state index in [9.17, 15) is 4.79 Å². The Hall–Kier alpha value is -0.280. The summed E-state index contributed by atoms with van der Waals surface area (Å²) in [5, 5.41) is 6.58. The van der Waals surface area contributed by atoms with Gasteiger partial charge in [0.15, 0.2) is 0 Å². The van der Waals surface area contributed by atoms with Crippen LogP contribution in [0, 0.1) is 17.3 Å². The number of carbonyl (C=O) groups is 1. The molecule has 1 saturated heterocycles. The minimum atomic E-state index is 0. The zero-order valence-corrected chi connectivity index (χ0v) is 13.9. The predicted octanol–water partition coefficient (Wildman–Crippen LogP) is 3.13. The van der Waals surface area contributed by atoms with Crippen molar-refractivity contribution in [1.82, 2.24) is 10.6 Å². The number of piperidine rings is 1. The van der Waals surface area contributed by atoms with E-state index in [0.29, 0.717) is 17.8 Å². The van der Waals surface area contributed by atoms with Gasteiger partial charge in [0, 0.05) is 13.0 Å². The summed E-state index contributed by atoms with van der Waals surface area (Å²) in [5.74, 6) is 1.53. The lowest BCUT2D eigenvalue weighted by Crippen LogP contribution is -2.42. The summed E-state index contributed by atoms with van der Waals surface area (Å²) in [5.41, 5.74) is 0.438. The van der Waals surface area contributed by atoms with Gasteiger partial charge in [-0.3, -0.25) is 4.79 Å². The van der Waals surface area contributed by atoms with Crippen LogP contribution in [0.3, 0.4) is 0 Å². The maximum absolute atomic E-state index is 12.1. The van der Waals surface area contributed by atoms with Crippen LogP contribution in [0.5, 0.6) is 0 Å². The Morgan fingerprint density at radius 2 is 2.00 bits per heavy atom. The van der Waals surface area contributed by atoms with Gasteiger partial charge in [-0.1, -0.05) is 20.3 Å². The van der Waals surface area contributed by atoms with Gasteiger partial charge in [-0.15, -0.1) is 12.4 Å². The molecule has 3 nitrogen and oxygen atoms in total. The van der Waals surface area contributed by atoms with E-state index in [1.54, 1.807) is 0 Å². The summed E-state index contributed by atoms with van der Waals surface area (Å²) in [6.07, 6.45) is 8.32. The molecular formula is C16H31ClN2O. The Kier molecular flexibility index (Phi) is 7.32. The highest BCUT2D eigenvalue weighted by Gasteiger charge is 2.35. The molecule has 2 fully saturated rings. The Balaban J connectivity index is 0.00000200. The van der Waals surface area contributed by atoms with E-state index in [2.05, 4.69) is 24.5 Å². The zero-order chi connectivity index (χ0) is 13.7. The van der Waals surface area contributed by atoms with E-state index in [1.165, 1.54) is 38.5 Å². The molecule has 1 amide bonds. The lowest BCUT2D eigenvalue weighted by Gasteiger charge is -2.41. The van der Waals surface area contributed by atoms with Crippen molar-refractivity contribution in [3.8, 4) is 0 Å². The topological polar surface area (TPSA) is 41.1 Å². The van der Waals surface area contributed by atoms with E-state index in [1.807, 2.05) is 0 Å². The first-order valence-electron chi connectivity index (χ1n) is 8.13. The number of halogens is 1. The minimum absolute atomic E-state index is 0. The fourth-order valence-electron chi connectivity index (χ4n) is 3.56. The number of carbonyl (C=O) groups excluding carboxylic acids is 1. The molecule has 1 unspecified atom stereocenters. The molecule has 1 aliphatic carbocycles. The molecule has 0 aromatic carbocycles. The predicted molar refractivity (Wildman–Crippen MR) is 86.2 cm³/mol. The largest absolute Gasteiger partial charge is 0.356 e. The molecule has 20 heavy (non-hydrogen) atoms. The second-order valence-corrected chi connectivity index (χ2v) is 6.75. The Bertz CT molecular complexity index is 293. The van der Waals surface area contributed by atoms with E-state index < -0.39 is 0 Å². The van der Waals surface area contributed by atoms with E-state index in [-0.39, 0.29) is 18.3 Å². The van der Waals surface area contributed by atoms with Crippen LogP contribution < -0.4 is 10.6 Å². The molecule has 2 rings (SSSR count). The van der Waals surface area contributed by atoms with Crippen LogP contribution in [0.25, 0.3) is 0 Å². The van der Waals surface area contributed by atoms with Gasteiger partial charge in [-0.25, -0.2) is 0 Å². The maximum Gasteiger partial charge on any atom is 0.220 e. The van der Waals surface area contributed by atoms with Crippen molar-refractivity contribution in [1.29, 1.82) is 0 Å². The lowest BCUT2D eigenvalue weighted by atomic mass is 9.67. The summed E-state index contributed by atoms with van der Waals surface area (Å²) < 4.78 is 0. The quantitative estimate of drug-likeness (QED) is 0.791. The number of rotatable bonds is 6. The van der Waals surface area contributed by atoms with Crippen LogP contribution in [0.15, 0.2) is 0 Å². The van der Waals surface area contributed by atoms with Crippen molar-refractivity contribution < 1.29 is 4.79 Å². The molecular weight excluding hydrogens is 272 g/mol. The molecule has 0 bridgehead atoms. The van der Waals surface area contributed by atoms with Crippen molar-refractivity contribution in [3.63, 3.8) is 0 Å². The van der Waals surface area contributed by atoms with Crippen molar-refractivity contribution in [3.05, 3.63) is 0 Å². The fraction of sp³-hybridized carbons (Fsp3) is 0.938. The van der Waals surface area contributed by atoms with E-state index in [4.69, 9.17) is 0 Å². The maximum atomic E-state index is 12.1. The third-order valence-corrected chi connectivity index (χ3v) is 5.52. The monoisotopic (exact) mass is 302 g/mol. The summed E-state index contributed by atoms with van der Waals surface area (Å²) in [6.45, 7) is 7.64. The summed E-state index contributed by atoms with van der Waals surface area (Å²) in [4.78, 5) is 12.1. The summed E-state index contributed by atoms with van der Waals surface area (Å²) in [7, 11) is 0. The van der Waals surface area contributed by atoms with Gasteiger partial charge in [0.1, 0.15) is 0 Å². The first-order valence-corrected chi connectivity index (χ1v) is 8.13. The molecule has 2 aliphatic rings. The van der Waals surface area contributed by atoms with Crippen molar-refractivity contribution in [2.45, 2.75) is 58.8 Å². The van der Waals surface area contributed by atoms with Crippen LogP contribution in [0.4, 0.5) is 0 Å². The fourth-order valence-corrected chi connectivity index (χ4v) is 3.56. The van der Waals surface area contributed by atoms with E-state index in [0.717, 1.165) is 25.6 Å². The average Bonchev–Trinajstić information content (AvgIpc) is 2.39. The number of hydrogen-bond acceptors (Lipinski definition) is 2.